The molecule has 3 nitrogen and oxygen atoms in total. The molecule has 0 aliphatic heterocycles. The van der Waals surface area contributed by atoms with Crippen molar-refractivity contribution in [3.05, 3.63) is 23.3 Å². The summed E-state index contributed by atoms with van der Waals surface area (Å²) in [5.74, 6) is 4.20. The zero-order chi connectivity index (χ0) is 13.8. The predicted octanol–water partition coefficient (Wildman–Crippen LogP) is 2.75. The van der Waals surface area contributed by atoms with Gasteiger partial charge >= 0.3 is 0 Å². The number of benzene rings is 1. The van der Waals surface area contributed by atoms with Gasteiger partial charge in [-0.3, -0.25) is 4.79 Å². The summed E-state index contributed by atoms with van der Waals surface area (Å²) >= 11 is 0. The van der Waals surface area contributed by atoms with Crippen LogP contribution in [0.25, 0.3) is 0 Å². The van der Waals surface area contributed by atoms with E-state index < -0.39 is 8.07 Å². The van der Waals surface area contributed by atoms with Crippen molar-refractivity contribution in [1.29, 1.82) is 0 Å². The minimum absolute atomic E-state index is 0.526. The highest BCUT2D eigenvalue weighted by Crippen LogP contribution is 2.29. The fourth-order valence-electron chi connectivity index (χ4n) is 1.36. The van der Waals surface area contributed by atoms with E-state index in [-0.39, 0.29) is 0 Å². The van der Waals surface area contributed by atoms with Crippen LogP contribution in [0.4, 0.5) is 0 Å². The van der Waals surface area contributed by atoms with Crippen LogP contribution in [0.3, 0.4) is 0 Å². The fraction of sp³-hybridized carbons (Fsp3) is 0.357. The van der Waals surface area contributed by atoms with Gasteiger partial charge in [-0.1, -0.05) is 25.6 Å². The van der Waals surface area contributed by atoms with Crippen molar-refractivity contribution in [2.75, 3.05) is 14.2 Å². The minimum atomic E-state index is -1.47. The predicted molar refractivity (Wildman–Crippen MR) is 75.2 cm³/mol. The molecule has 4 heteroatoms. The highest BCUT2D eigenvalue weighted by Gasteiger charge is 2.11. The zero-order valence-electron chi connectivity index (χ0n) is 11.5. The number of methoxy groups -OCH3 is 2. The van der Waals surface area contributed by atoms with Crippen molar-refractivity contribution in [3.8, 4) is 23.0 Å². The van der Waals surface area contributed by atoms with Crippen LogP contribution in [0.5, 0.6) is 11.5 Å². The van der Waals surface area contributed by atoms with E-state index in [9.17, 15) is 4.79 Å². The third-order valence-electron chi connectivity index (χ3n) is 2.25. The Morgan fingerprint density at radius 3 is 2.11 bits per heavy atom. The molecule has 0 saturated carbocycles. The largest absolute Gasteiger partial charge is 0.493 e. The molecule has 0 amide bonds. The summed E-state index contributed by atoms with van der Waals surface area (Å²) in [6.07, 6.45) is 0.788. The van der Waals surface area contributed by atoms with Crippen molar-refractivity contribution in [2.45, 2.75) is 19.6 Å². The third-order valence-corrected chi connectivity index (χ3v) is 3.13. The molecular formula is C14H18O3Si. The van der Waals surface area contributed by atoms with E-state index >= 15 is 0 Å². The topological polar surface area (TPSA) is 35.5 Å². The third kappa shape index (κ3) is 3.64. The molecule has 0 atom stereocenters. The van der Waals surface area contributed by atoms with Crippen LogP contribution in [0.2, 0.25) is 19.6 Å². The second kappa shape index (κ2) is 5.74. The zero-order valence-corrected chi connectivity index (χ0v) is 12.5. The molecule has 1 aromatic rings. The SMILES string of the molecule is COc1cc(C#C[Si](C)(C)C)c(C=O)cc1OC. The fourth-order valence-corrected chi connectivity index (χ4v) is 1.86. The Morgan fingerprint density at radius 2 is 1.67 bits per heavy atom. The van der Waals surface area contributed by atoms with E-state index in [1.54, 1.807) is 26.4 Å². The van der Waals surface area contributed by atoms with Gasteiger partial charge in [0, 0.05) is 17.2 Å². The van der Waals surface area contributed by atoms with Gasteiger partial charge in [-0.15, -0.1) is 5.54 Å². The number of aldehydes is 1. The average molecular weight is 262 g/mol. The summed E-state index contributed by atoms with van der Waals surface area (Å²) in [5, 5.41) is 0. The van der Waals surface area contributed by atoms with Gasteiger partial charge in [-0.05, 0) is 6.07 Å². The minimum Gasteiger partial charge on any atom is -0.493 e. The number of hydrogen-bond acceptors (Lipinski definition) is 3. The number of hydrogen-bond donors (Lipinski definition) is 0. The molecule has 0 unspecified atom stereocenters. The van der Waals surface area contributed by atoms with Gasteiger partial charge in [-0.25, -0.2) is 0 Å². The van der Waals surface area contributed by atoms with Crippen LogP contribution in [0, 0.1) is 11.5 Å². The van der Waals surface area contributed by atoms with E-state index in [2.05, 4.69) is 31.1 Å². The molecule has 0 radical (unpaired) electrons. The van der Waals surface area contributed by atoms with Gasteiger partial charge in [0.1, 0.15) is 8.07 Å². The Balaban J connectivity index is 3.33. The van der Waals surface area contributed by atoms with Crippen LogP contribution in [0.15, 0.2) is 12.1 Å². The average Bonchev–Trinajstić information content (AvgIpc) is 2.34. The Hall–Kier alpha value is -1.73. The molecule has 0 bridgehead atoms. The number of rotatable bonds is 3. The van der Waals surface area contributed by atoms with Crippen LogP contribution < -0.4 is 9.47 Å². The van der Waals surface area contributed by atoms with Gasteiger partial charge in [0.05, 0.1) is 14.2 Å². The Labute approximate surface area is 109 Å². The van der Waals surface area contributed by atoms with Crippen molar-refractivity contribution in [2.24, 2.45) is 0 Å². The molecule has 0 aromatic heterocycles. The van der Waals surface area contributed by atoms with Crippen molar-refractivity contribution >= 4 is 14.4 Å². The van der Waals surface area contributed by atoms with Gasteiger partial charge in [0.25, 0.3) is 0 Å². The number of carbonyl (C=O) groups is 1. The van der Waals surface area contributed by atoms with Gasteiger partial charge < -0.3 is 9.47 Å². The highest BCUT2D eigenvalue weighted by atomic mass is 28.3. The summed E-state index contributed by atoms with van der Waals surface area (Å²) in [4.78, 5) is 11.1. The lowest BCUT2D eigenvalue weighted by atomic mass is 10.1. The van der Waals surface area contributed by atoms with E-state index in [0.717, 1.165) is 6.29 Å². The first-order valence-corrected chi connectivity index (χ1v) is 9.15. The van der Waals surface area contributed by atoms with E-state index in [0.29, 0.717) is 22.6 Å². The van der Waals surface area contributed by atoms with E-state index in [4.69, 9.17) is 9.47 Å². The molecule has 1 aromatic carbocycles. The molecule has 1 rings (SSSR count). The standard InChI is InChI=1S/C14H18O3Si/c1-16-13-8-11(6-7-18(3,4)5)12(10-15)9-14(13)17-2/h8-10H,1-5H3. The second-order valence-electron chi connectivity index (χ2n) is 4.91. The summed E-state index contributed by atoms with van der Waals surface area (Å²) in [6, 6.07) is 3.40. The van der Waals surface area contributed by atoms with Crippen LogP contribution in [0.1, 0.15) is 15.9 Å². The summed E-state index contributed by atoms with van der Waals surface area (Å²) in [7, 11) is 1.63. The van der Waals surface area contributed by atoms with Gasteiger partial charge in [0.2, 0.25) is 0 Å². The Morgan fingerprint density at radius 1 is 1.11 bits per heavy atom. The maximum atomic E-state index is 11.1. The first kappa shape index (κ1) is 14.3. The lowest BCUT2D eigenvalue weighted by molar-refractivity contribution is 0.112. The monoisotopic (exact) mass is 262 g/mol. The van der Waals surface area contributed by atoms with Crippen LogP contribution in [-0.2, 0) is 0 Å². The lowest BCUT2D eigenvalue weighted by Gasteiger charge is -2.09. The first-order chi connectivity index (χ1) is 8.41. The molecule has 18 heavy (non-hydrogen) atoms. The molecule has 96 valence electrons. The maximum Gasteiger partial charge on any atom is 0.162 e. The van der Waals surface area contributed by atoms with E-state index in [1.807, 2.05) is 0 Å². The summed E-state index contributed by atoms with van der Waals surface area (Å²) < 4.78 is 10.4. The molecular weight excluding hydrogens is 244 g/mol. The van der Waals surface area contributed by atoms with Crippen LogP contribution in [-0.4, -0.2) is 28.6 Å². The molecule has 0 aliphatic carbocycles. The second-order valence-corrected chi connectivity index (χ2v) is 9.66. The lowest BCUT2D eigenvalue weighted by Crippen LogP contribution is -2.16. The number of ether oxygens (including phenoxy) is 2. The molecule has 0 fully saturated rings. The first-order valence-electron chi connectivity index (χ1n) is 5.65. The van der Waals surface area contributed by atoms with Crippen LogP contribution >= 0.6 is 0 Å². The van der Waals surface area contributed by atoms with Crippen molar-refractivity contribution in [1.82, 2.24) is 0 Å². The molecule has 0 heterocycles. The summed E-state index contributed by atoms with van der Waals surface area (Å²) in [6.45, 7) is 6.46. The molecule has 0 spiro atoms. The van der Waals surface area contributed by atoms with E-state index in [1.165, 1.54) is 0 Å². The Kier molecular flexibility index (Phi) is 4.57. The number of carbonyl (C=O) groups excluding carboxylic acids is 1. The maximum absolute atomic E-state index is 11.1. The highest BCUT2D eigenvalue weighted by molar-refractivity contribution is 6.83. The van der Waals surface area contributed by atoms with Crippen molar-refractivity contribution in [3.63, 3.8) is 0 Å². The van der Waals surface area contributed by atoms with Crippen molar-refractivity contribution < 1.29 is 14.3 Å². The smallest absolute Gasteiger partial charge is 0.162 e. The Bertz CT molecular complexity index is 504. The molecule has 0 saturated heterocycles. The summed E-state index contributed by atoms with van der Waals surface area (Å²) in [5.41, 5.74) is 4.45. The van der Waals surface area contributed by atoms with Gasteiger partial charge in [-0.2, -0.15) is 0 Å². The normalized spacial score (nSPS) is 10.3. The van der Waals surface area contributed by atoms with Gasteiger partial charge in [0.15, 0.2) is 17.8 Å². The molecule has 0 aliphatic rings. The quantitative estimate of drug-likeness (QED) is 0.477. The molecule has 0 N–H and O–H groups in total.